The number of hydrogen-bond donors (Lipinski definition) is 1. The highest BCUT2D eigenvalue weighted by Gasteiger charge is 2.63. The zero-order valence-corrected chi connectivity index (χ0v) is 21.3. The standard InChI is InChI=1S/C29H48O2/c1-18(2)9-8-10-19(3)22-17-23(30)26-20-11-12-24-27(4,5)25(31)14-16-28(24,6)21(20)13-15-29(22,26)7/h12,18-23,26,30H,8-11,13-17H2,1-7H3/t19-,20-,21+,22-,23+,26-,28-,29-/m1/s1. The predicted molar refractivity (Wildman–Crippen MR) is 129 cm³/mol. The molecule has 4 rings (SSSR count). The van der Waals surface area contributed by atoms with Crippen molar-refractivity contribution in [3.05, 3.63) is 11.6 Å². The van der Waals surface area contributed by atoms with Gasteiger partial charge in [-0.3, -0.25) is 4.79 Å². The minimum Gasteiger partial charge on any atom is -0.393 e. The average Bonchev–Trinajstić information content (AvgIpc) is 2.96. The number of aliphatic hydroxyl groups is 1. The van der Waals surface area contributed by atoms with Gasteiger partial charge < -0.3 is 5.11 Å². The van der Waals surface area contributed by atoms with Crippen molar-refractivity contribution in [2.75, 3.05) is 0 Å². The second kappa shape index (κ2) is 8.00. The maximum absolute atomic E-state index is 12.7. The predicted octanol–water partition coefficient (Wildman–Crippen LogP) is 7.20. The van der Waals surface area contributed by atoms with E-state index < -0.39 is 0 Å². The van der Waals surface area contributed by atoms with Crippen molar-refractivity contribution in [1.29, 1.82) is 0 Å². The van der Waals surface area contributed by atoms with Gasteiger partial charge in [0, 0.05) is 11.8 Å². The number of ketones is 1. The third kappa shape index (κ3) is 3.58. The summed E-state index contributed by atoms with van der Waals surface area (Å²) in [5.41, 5.74) is 1.54. The zero-order valence-electron chi connectivity index (χ0n) is 21.3. The van der Waals surface area contributed by atoms with Gasteiger partial charge in [-0.05, 0) is 92.3 Å². The van der Waals surface area contributed by atoms with Crippen molar-refractivity contribution in [2.24, 2.45) is 51.8 Å². The molecule has 2 nitrogen and oxygen atoms in total. The smallest absolute Gasteiger partial charge is 0.142 e. The largest absolute Gasteiger partial charge is 0.393 e. The average molecular weight is 429 g/mol. The number of fused-ring (bicyclic) bond motifs is 5. The molecule has 31 heavy (non-hydrogen) atoms. The van der Waals surface area contributed by atoms with Gasteiger partial charge in [0.15, 0.2) is 0 Å². The summed E-state index contributed by atoms with van der Waals surface area (Å²) in [6.45, 7) is 16.4. The van der Waals surface area contributed by atoms with Gasteiger partial charge in [-0.2, -0.15) is 0 Å². The molecule has 0 saturated heterocycles. The number of carbonyl (C=O) groups excluding carboxylic acids is 1. The summed E-state index contributed by atoms with van der Waals surface area (Å²) in [5.74, 6) is 4.21. The molecule has 4 aliphatic carbocycles. The molecule has 0 spiro atoms. The number of carbonyl (C=O) groups is 1. The Morgan fingerprint density at radius 2 is 1.81 bits per heavy atom. The first-order valence-electron chi connectivity index (χ1n) is 13.4. The van der Waals surface area contributed by atoms with Crippen LogP contribution in [-0.4, -0.2) is 17.0 Å². The molecule has 0 unspecified atom stereocenters. The molecule has 0 aromatic heterocycles. The van der Waals surface area contributed by atoms with Gasteiger partial charge in [0.2, 0.25) is 0 Å². The van der Waals surface area contributed by atoms with Crippen molar-refractivity contribution in [1.82, 2.24) is 0 Å². The maximum atomic E-state index is 12.7. The molecule has 0 heterocycles. The van der Waals surface area contributed by atoms with E-state index in [0.717, 1.165) is 31.6 Å². The van der Waals surface area contributed by atoms with E-state index in [1.54, 1.807) is 0 Å². The van der Waals surface area contributed by atoms with Crippen LogP contribution in [0.1, 0.15) is 106 Å². The van der Waals surface area contributed by atoms with Gasteiger partial charge in [-0.1, -0.05) is 65.5 Å². The first-order valence-corrected chi connectivity index (χ1v) is 13.4. The highest BCUT2D eigenvalue weighted by atomic mass is 16.3. The fraction of sp³-hybridized carbons (Fsp3) is 0.897. The van der Waals surface area contributed by atoms with Gasteiger partial charge >= 0.3 is 0 Å². The van der Waals surface area contributed by atoms with E-state index in [2.05, 4.69) is 54.5 Å². The topological polar surface area (TPSA) is 37.3 Å². The maximum Gasteiger partial charge on any atom is 0.142 e. The number of allylic oxidation sites excluding steroid dienone is 2. The van der Waals surface area contributed by atoms with Crippen LogP contribution in [0.3, 0.4) is 0 Å². The second-order valence-corrected chi connectivity index (χ2v) is 13.4. The third-order valence-corrected chi connectivity index (χ3v) is 10.9. The molecule has 4 aliphatic rings. The molecule has 0 aliphatic heterocycles. The summed E-state index contributed by atoms with van der Waals surface area (Å²) in [7, 11) is 0. The normalized spacial score (nSPS) is 45.0. The van der Waals surface area contributed by atoms with Crippen LogP contribution in [0.4, 0.5) is 0 Å². The van der Waals surface area contributed by atoms with E-state index in [4.69, 9.17) is 0 Å². The highest BCUT2D eigenvalue weighted by Crippen LogP contribution is 2.68. The van der Waals surface area contributed by atoms with Gasteiger partial charge in [0.25, 0.3) is 0 Å². The summed E-state index contributed by atoms with van der Waals surface area (Å²) >= 11 is 0. The molecule has 0 aromatic rings. The first kappa shape index (κ1) is 23.5. The Labute approximate surface area is 191 Å². The van der Waals surface area contributed by atoms with Crippen molar-refractivity contribution < 1.29 is 9.90 Å². The Hall–Kier alpha value is -0.630. The molecule has 1 N–H and O–H groups in total. The Balaban J connectivity index is 1.59. The van der Waals surface area contributed by atoms with E-state index >= 15 is 0 Å². The van der Waals surface area contributed by atoms with Crippen LogP contribution in [0.25, 0.3) is 0 Å². The molecular formula is C29H48O2. The lowest BCUT2D eigenvalue weighted by molar-refractivity contribution is -0.133. The lowest BCUT2D eigenvalue weighted by Gasteiger charge is -2.60. The molecular weight excluding hydrogens is 380 g/mol. The Morgan fingerprint density at radius 3 is 2.48 bits per heavy atom. The van der Waals surface area contributed by atoms with Crippen LogP contribution in [-0.2, 0) is 4.79 Å². The van der Waals surface area contributed by atoms with Crippen LogP contribution < -0.4 is 0 Å². The van der Waals surface area contributed by atoms with Gasteiger partial charge in [-0.15, -0.1) is 0 Å². The zero-order chi connectivity index (χ0) is 22.8. The van der Waals surface area contributed by atoms with Gasteiger partial charge in [0.1, 0.15) is 5.78 Å². The molecule has 0 amide bonds. The minimum absolute atomic E-state index is 0.141. The molecule has 176 valence electrons. The van der Waals surface area contributed by atoms with Crippen LogP contribution in [0.15, 0.2) is 11.6 Å². The van der Waals surface area contributed by atoms with Crippen LogP contribution in [0, 0.1) is 51.8 Å². The summed E-state index contributed by atoms with van der Waals surface area (Å²) in [4.78, 5) is 12.7. The monoisotopic (exact) mass is 428 g/mol. The second-order valence-electron chi connectivity index (χ2n) is 13.4. The molecule has 8 atom stereocenters. The van der Waals surface area contributed by atoms with Crippen LogP contribution in [0.5, 0.6) is 0 Å². The Bertz CT molecular complexity index is 733. The summed E-state index contributed by atoms with van der Waals surface area (Å²) in [5, 5.41) is 11.4. The van der Waals surface area contributed by atoms with Crippen molar-refractivity contribution in [2.45, 2.75) is 112 Å². The van der Waals surface area contributed by atoms with Crippen molar-refractivity contribution in [3.63, 3.8) is 0 Å². The van der Waals surface area contributed by atoms with Crippen molar-refractivity contribution >= 4 is 5.78 Å². The lowest BCUT2D eigenvalue weighted by atomic mass is 9.44. The summed E-state index contributed by atoms with van der Waals surface area (Å²) < 4.78 is 0. The van der Waals surface area contributed by atoms with E-state index in [0.29, 0.717) is 35.4 Å². The van der Waals surface area contributed by atoms with Gasteiger partial charge in [0.05, 0.1) is 6.10 Å². The van der Waals surface area contributed by atoms with Crippen LogP contribution >= 0.6 is 0 Å². The fourth-order valence-electron chi connectivity index (χ4n) is 9.27. The summed E-state index contributed by atoms with van der Waals surface area (Å²) in [6.07, 6.45) is 12.6. The van der Waals surface area contributed by atoms with E-state index in [9.17, 15) is 9.90 Å². The lowest BCUT2D eigenvalue weighted by Crippen LogP contribution is -2.55. The van der Waals surface area contributed by atoms with Gasteiger partial charge in [-0.25, -0.2) is 0 Å². The fourth-order valence-corrected chi connectivity index (χ4v) is 9.27. The highest BCUT2D eigenvalue weighted by molar-refractivity contribution is 5.89. The molecule has 0 radical (unpaired) electrons. The third-order valence-electron chi connectivity index (χ3n) is 10.9. The molecule has 0 aromatic carbocycles. The molecule has 2 heteroatoms. The minimum atomic E-state index is -0.305. The van der Waals surface area contributed by atoms with E-state index in [1.807, 2.05) is 0 Å². The van der Waals surface area contributed by atoms with E-state index in [1.165, 1.54) is 37.7 Å². The van der Waals surface area contributed by atoms with Crippen molar-refractivity contribution in [3.8, 4) is 0 Å². The quantitative estimate of drug-likeness (QED) is 0.470. The van der Waals surface area contributed by atoms with Crippen LogP contribution in [0.2, 0.25) is 0 Å². The Morgan fingerprint density at radius 1 is 1.10 bits per heavy atom. The number of Topliss-reactive ketones (excluding diaryl/α,β-unsaturated/α-hetero) is 1. The number of hydrogen-bond acceptors (Lipinski definition) is 2. The molecule has 0 bridgehead atoms. The molecule has 3 saturated carbocycles. The molecule has 3 fully saturated rings. The Kier molecular flexibility index (Phi) is 6.07. The first-order chi connectivity index (χ1) is 14.4. The SMILES string of the molecule is CC(C)CCC[C@@H](C)[C@H]1C[C@H](O)[C@H]2[C@@H]3CC=C4C(C)(C)C(=O)CC[C@]4(C)[C@H]3CC[C@@]21C. The summed E-state index contributed by atoms with van der Waals surface area (Å²) in [6, 6.07) is 0. The number of aliphatic hydroxyl groups excluding tert-OH is 1. The number of rotatable bonds is 5. The van der Waals surface area contributed by atoms with E-state index in [-0.39, 0.29) is 22.3 Å².